The van der Waals surface area contributed by atoms with Crippen LogP contribution in [0.2, 0.25) is 0 Å². The SMILES string of the molecule is CN(C)C(=O)NCc1cc(C(=O)Nc2cn[nH]c2)ccn1. The van der Waals surface area contributed by atoms with Gasteiger partial charge in [-0.1, -0.05) is 0 Å². The summed E-state index contributed by atoms with van der Waals surface area (Å²) < 4.78 is 0. The summed E-state index contributed by atoms with van der Waals surface area (Å²) in [6.07, 6.45) is 4.62. The Morgan fingerprint density at radius 2 is 2.19 bits per heavy atom. The Labute approximate surface area is 121 Å². The van der Waals surface area contributed by atoms with Gasteiger partial charge in [-0.3, -0.25) is 14.9 Å². The summed E-state index contributed by atoms with van der Waals surface area (Å²) in [4.78, 5) is 29.0. The molecule has 0 atom stereocenters. The molecule has 2 aromatic rings. The molecular formula is C13H16N6O2. The molecule has 2 heterocycles. The van der Waals surface area contributed by atoms with Gasteiger partial charge in [0.05, 0.1) is 24.1 Å². The van der Waals surface area contributed by atoms with Crippen molar-refractivity contribution in [3.05, 3.63) is 42.0 Å². The average molecular weight is 288 g/mol. The first-order valence-electron chi connectivity index (χ1n) is 6.26. The third-order valence-corrected chi connectivity index (χ3v) is 2.66. The fraction of sp³-hybridized carbons (Fsp3) is 0.231. The van der Waals surface area contributed by atoms with E-state index in [9.17, 15) is 9.59 Å². The Bertz CT molecular complexity index is 623. The minimum Gasteiger partial charge on any atom is -0.332 e. The molecule has 110 valence electrons. The molecule has 0 fully saturated rings. The summed E-state index contributed by atoms with van der Waals surface area (Å²) in [7, 11) is 3.30. The second-order valence-corrected chi connectivity index (χ2v) is 4.53. The number of hydrogen-bond donors (Lipinski definition) is 3. The largest absolute Gasteiger partial charge is 0.332 e. The highest BCUT2D eigenvalue weighted by atomic mass is 16.2. The molecule has 2 aromatic heterocycles. The maximum Gasteiger partial charge on any atom is 0.317 e. The van der Waals surface area contributed by atoms with Gasteiger partial charge in [0, 0.05) is 32.1 Å². The Morgan fingerprint density at radius 3 is 2.86 bits per heavy atom. The number of anilines is 1. The lowest BCUT2D eigenvalue weighted by Crippen LogP contribution is -2.34. The van der Waals surface area contributed by atoms with E-state index in [-0.39, 0.29) is 18.5 Å². The predicted molar refractivity (Wildman–Crippen MR) is 76.7 cm³/mol. The minimum absolute atomic E-state index is 0.218. The van der Waals surface area contributed by atoms with E-state index >= 15 is 0 Å². The van der Waals surface area contributed by atoms with Crippen molar-refractivity contribution in [2.75, 3.05) is 19.4 Å². The zero-order valence-corrected chi connectivity index (χ0v) is 11.8. The topological polar surface area (TPSA) is 103 Å². The second-order valence-electron chi connectivity index (χ2n) is 4.53. The van der Waals surface area contributed by atoms with E-state index in [4.69, 9.17) is 0 Å². The molecule has 0 spiro atoms. The van der Waals surface area contributed by atoms with Gasteiger partial charge < -0.3 is 15.5 Å². The molecule has 21 heavy (non-hydrogen) atoms. The van der Waals surface area contributed by atoms with Crippen molar-refractivity contribution < 1.29 is 9.59 Å². The first-order chi connectivity index (χ1) is 10.1. The van der Waals surface area contributed by atoms with Crippen molar-refractivity contribution in [2.24, 2.45) is 0 Å². The number of carbonyl (C=O) groups is 2. The number of urea groups is 1. The normalized spacial score (nSPS) is 10.0. The Balaban J connectivity index is 2.00. The van der Waals surface area contributed by atoms with Crippen LogP contribution in [0.5, 0.6) is 0 Å². The van der Waals surface area contributed by atoms with Crippen LogP contribution < -0.4 is 10.6 Å². The smallest absolute Gasteiger partial charge is 0.317 e. The monoisotopic (exact) mass is 288 g/mol. The van der Waals surface area contributed by atoms with E-state index in [2.05, 4.69) is 25.8 Å². The van der Waals surface area contributed by atoms with E-state index in [1.807, 2.05) is 0 Å². The highest BCUT2D eigenvalue weighted by molar-refractivity contribution is 6.04. The fourth-order valence-corrected chi connectivity index (χ4v) is 1.56. The molecule has 8 heteroatoms. The van der Waals surface area contributed by atoms with Crippen LogP contribution in [0.4, 0.5) is 10.5 Å². The molecule has 0 bridgehead atoms. The molecule has 8 nitrogen and oxygen atoms in total. The van der Waals surface area contributed by atoms with Gasteiger partial charge in [0.2, 0.25) is 0 Å². The molecule has 0 saturated heterocycles. The number of aromatic nitrogens is 3. The van der Waals surface area contributed by atoms with Crippen LogP contribution in [-0.4, -0.2) is 46.1 Å². The first kappa shape index (κ1) is 14.5. The van der Waals surface area contributed by atoms with Crippen LogP contribution in [0.25, 0.3) is 0 Å². The zero-order chi connectivity index (χ0) is 15.2. The van der Waals surface area contributed by atoms with E-state index < -0.39 is 0 Å². The molecule has 0 radical (unpaired) electrons. The number of hydrogen-bond acceptors (Lipinski definition) is 4. The summed E-state index contributed by atoms with van der Waals surface area (Å²) in [5.74, 6) is -0.265. The number of amides is 3. The molecular weight excluding hydrogens is 272 g/mol. The molecule has 0 saturated carbocycles. The van der Waals surface area contributed by atoms with Crippen LogP contribution in [0.1, 0.15) is 16.1 Å². The maximum absolute atomic E-state index is 12.0. The summed E-state index contributed by atoms with van der Waals surface area (Å²) in [6.45, 7) is 0.254. The van der Waals surface area contributed by atoms with Gasteiger partial charge in [-0.2, -0.15) is 5.10 Å². The van der Waals surface area contributed by atoms with Gasteiger partial charge in [0.1, 0.15) is 0 Å². The quantitative estimate of drug-likeness (QED) is 0.775. The van der Waals surface area contributed by atoms with Crippen LogP contribution in [-0.2, 0) is 6.54 Å². The van der Waals surface area contributed by atoms with Gasteiger partial charge in [-0.05, 0) is 12.1 Å². The summed E-state index contributed by atoms with van der Waals surface area (Å²) in [6, 6.07) is 3.02. The van der Waals surface area contributed by atoms with Crippen molar-refractivity contribution in [1.82, 2.24) is 25.4 Å². The summed E-state index contributed by atoms with van der Waals surface area (Å²) in [5, 5.41) is 11.7. The van der Waals surface area contributed by atoms with Crippen molar-refractivity contribution in [1.29, 1.82) is 0 Å². The van der Waals surface area contributed by atoms with Gasteiger partial charge >= 0.3 is 6.03 Å². The Hall–Kier alpha value is -2.90. The summed E-state index contributed by atoms with van der Waals surface area (Å²) >= 11 is 0. The second kappa shape index (κ2) is 6.51. The zero-order valence-electron chi connectivity index (χ0n) is 11.8. The molecule has 3 N–H and O–H groups in total. The third-order valence-electron chi connectivity index (χ3n) is 2.66. The third kappa shape index (κ3) is 4.03. The average Bonchev–Trinajstić information content (AvgIpc) is 2.97. The van der Waals surface area contributed by atoms with Crippen LogP contribution in [0.3, 0.4) is 0 Å². The molecule has 0 aromatic carbocycles. The number of nitrogens with one attached hydrogen (secondary N) is 3. The van der Waals surface area contributed by atoms with E-state index in [1.165, 1.54) is 17.3 Å². The molecule has 0 aliphatic rings. The molecule has 0 aliphatic heterocycles. The Kier molecular flexibility index (Phi) is 4.50. The van der Waals surface area contributed by atoms with Crippen molar-refractivity contribution in [2.45, 2.75) is 6.54 Å². The molecule has 2 rings (SSSR count). The number of H-pyrrole nitrogens is 1. The van der Waals surface area contributed by atoms with E-state index in [0.29, 0.717) is 16.9 Å². The molecule has 0 unspecified atom stereocenters. The van der Waals surface area contributed by atoms with Gasteiger partial charge in [-0.15, -0.1) is 0 Å². The fourth-order valence-electron chi connectivity index (χ4n) is 1.56. The highest BCUT2D eigenvalue weighted by Gasteiger charge is 2.09. The van der Waals surface area contributed by atoms with Crippen molar-refractivity contribution in [3.8, 4) is 0 Å². The minimum atomic E-state index is -0.265. The lowest BCUT2D eigenvalue weighted by Gasteiger charge is -2.11. The van der Waals surface area contributed by atoms with E-state index in [1.54, 1.807) is 32.4 Å². The number of rotatable bonds is 4. The summed E-state index contributed by atoms with van der Waals surface area (Å²) in [5.41, 5.74) is 1.64. The predicted octanol–water partition coefficient (Wildman–Crippen LogP) is 0.828. The van der Waals surface area contributed by atoms with Gasteiger partial charge in [0.25, 0.3) is 5.91 Å². The Morgan fingerprint density at radius 1 is 1.38 bits per heavy atom. The van der Waals surface area contributed by atoms with Crippen LogP contribution in [0, 0.1) is 0 Å². The van der Waals surface area contributed by atoms with Gasteiger partial charge in [-0.25, -0.2) is 4.79 Å². The number of nitrogens with zero attached hydrogens (tertiary/aromatic N) is 3. The standard InChI is InChI=1S/C13H16N6O2/c1-19(2)13(21)15-6-10-5-9(3-4-14-10)12(20)18-11-7-16-17-8-11/h3-5,7-8H,6H2,1-2H3,(H,15,21)(H,16,17)(H,18,20). The number of carbonyl (C=O) groups excluding carboxylic acids is 2. The number of aromatic amines is 1. The molecule has 3 amide bonds. The van der Waals surface area contributed by atoms with Crippen molar-refractivity contribution >= 4 is 17.6 Å². The number of pyridine rings is 1. The van der Waals surface area contributed by atoms with Crippen LogP contribution in [0.15, 0.2) is 30.7 Å². The van der Waals surface area contributed by atoms with Gasteiger partial charge in [0.15, 0.2) is 0 Å². The van der Waals surface area contributed by atoms with Crippen molar-refractivity contribution in [3.63, 3.8) is 0 Å². The lowest BCUT2D eigenvalue weighted by atomic mass is 10.2. The van der Waals surface area contributed by atoms with E-state index in [0.717, 1.165) is 0 Å². The highest BCUT2D eigenvalue weighted by Crippen LogP contribution is 2.07. The first-order valence-corrected chi connectivity index (χ1v) is 6.26. The lowest BCUT2D eigenvalue weighted by molar-refractivity contribution is 0.102. The molecule has 0 aliphatic carbocycles. The maximum atomic E-state index is 12.0. The van der Waals surface area contributed by atoms with Crippen LogP contribution >= 0.6 is 0 Å².